The molecule has 0 aromatic heterocycles. The summed E-state index contributed by atoms with van der Waals surface area (Å²) >= 11 is 0. The molecule has 5 heteroatoms. The Bertz CT molecular complexity index is 631. The van der Waals surface area contributed by atoms with Gasteiger partial charge in [-0.1, -0.05) is 42.5 Å². The summed E-state index contributed by atoms with van der Waals surface area (Å²) in [6.07, 6.45) is -0.0658. The molecular formula is C18H22FN3O. The Morgan fingerprint density at radius 3 is 2.57 bits per heavy atom. The highest BCUT2D eigenvalue weighted by Gasteiger charge is 2.10. The molecule has 1 unspecified atom stereocenters. The van der Waals surface area contributed by atoms with Crippen molar-refractivity contribution in [2.75, 3.05) is 20.7 Å². The molecule has 0 amide bonds. The molecule has 0 radical (unpaired) electrons. The second kappa shape index (κ2) is 8.90. The van der Waals surface area contributed by atoms with Gasteiger partial charge in [-0.2, -0.15) is 0 Å². The molecule has 0 spiro atoms. The molecule has 0 aliphatic carbocycles. The highest BCUT2D eigenvalue weighted by Crippen LogP contribution is 2.14. The van der Waals surface area contributed by atoms with Crippen LogP contribution in [-0.2, 0) is 11.3 Å². The molecule has 2 rings (SSSR count). The Labute approximate surface area is 136 Å². The van der Waals surface area contributed by atoms with Crippen molar-refractivity contribution < 1.29 is 9.13 Å². The molecule has 2 aromatic rings. The number of nitrogens with zero attached hydrogens (tertiary/aromatic N) is 1. The van der Waals surface area contributed by atoms with E-state index in [2.05, 4.69) is 15.6 Å². The minimum absolute atomic E-state index is 0.0658. The lowest BCUT2D eigenvalue weighted by molar-refractivity contribution is 0.106. The van der Waals surface area contributed by atoms with E-state index in [-0.39, 0.29) is 11.9 Å². The van der Waals surface area contributed by atoms with Gasteiger partial charge in [-0.05, 0) is 23.3 Å². The third-order valence-corrected chi connectivity index (χ3v) is 3.48. The molecule has 0 bridgehead atoms. The van der Waals surface area contributed by atoms with Crippen molar-refractivity contribution in [3.05, 3.63) is 71.5 Å². The van der Waals surface area contributed by atoms with Crippen molar-refractivity contribution >= 4 is 5.96 Å². The van der Waals surface area contributed by atoms with Gasteiger partial charge in [0, 0.05) is 27.2 Å². The average Bonchev–Trinajstić information content (AvgIpc) is 2.59. The number of benzene rings is 2. The van der Waals surface area contributed by atoms with Crippen molar-refractivity contribution in [2.45, 2.75) is 12.6 Å². The summed E-state index contributed by atoms with van der Waals surface area (Å²) in [4.78, 5) is 4.17. The molecule has 0 saturated carbocycles. The number of aliphatic imine (C=N–C) groups is 1. The first kappa shape index (κ1) is 17.0. The number of hydrogen-bond donors (Lipinski definition) is 2. The van der Waals surface area contributed by atoms with Crippen LogP contribution in [0.4, 0.5) is 4.39 Å². The van der Waals surface area contributed by atoms with E-state index in [1.807, 2.05) is 36.4 Å². The number of methoxy groups -OCH3 is 1. The molecule has 0 saturated heterocycles. The Kier molecular flexibility index (Phi) is 6.56. The van der Waals surface area contributed by atoms with E-state index in [0.717, 1.165) is 11.1 Å². The molecule has 122 valence electrons. The van der Waals surface area contributed by atoms with Crippen LogP contribution < -0.4 is 10.6 Å². The van der Waals surface area contributed by atoms with E-state index in [4.69, 9.17) is 4.74 Å². The summed E-state index contributed by atoms with van der Waals surface area (Å²) in [6.45, 7) is 1.09. The topological polar surface area (TPSA) is 45.7 Å². The van der Waals surface area contributed by atoms with Crippen LogP contribution in [-0.4, -0.2) is 26.7 Å². The van der Waals surface area contributed by atoms with Gasteiger partial charge in [0.15, 0.2) is 5.96 Å². The van der Waals surface area contributed by atoms with Crippen LogP contribution in [0.25, 0.3) is 0 Å². The van der Waals surface area contributed by atoms with Crippen LogP contribution in [0.2, 0.25) is 0 Å². The van der Waals surface area contributed by atoms with Gasteiger partial charge >= 0.3 is 0 Å². The molecule has 4 nitrogen and oxygen atoms in total. The smallest absolute Gasteiger partial charge is 0.191 e. The number of halogens is 1. The third-order valence-electron chi connectivity index (χ3n) is 3.48. The largest absolute Gasteiger partial charge is 0.375 e. The number of ether oxygens (including phenoxy) is 1. The van der Waals surface area contributed by atoms with Crippen LogP contribution >= 0.6 is 0 Å². The first-order chi connectivity index (χ1) is 11.2. The average molecular weight is 315 g/mol. The van der Waals surface area contributed by atoms with Gasteiger partial charge in [-0.25, -0.2) is 4.39 Å². The van der Waals surface area contributed by atoms with Gasteiger partial charge < -0.3 is 15.4 Å². The van der Waals surface area contributed by atoms with Crippen LogP contribution in [0.15, 0.2) is 59.6 Å². The zero-order valence-corrected chi connectivity index (χ0v) is 13.4. The maximum atomic E-state index is 13.2. The zero-order chi connectivity index (χ0) is 16.5. The molecule has 0 aliphatic heterocycles. The van der Waals surface area contributed by atoms with Crippen LogP contribution in [0.1, 0.15) is 17.2 Å². The lowest BCUT2D eigenvalue weighted by atomic mass is 10.1. The van der Waals surface area contributed by atoms with Crippen molar-refractivity contribution in [1.82, 2.24) is 10.6 Å². The Morgan fingerprint density at radius 1 is 1.13 bits per heavy atom. The minimum atomic E-state index is -0.240. The predicted molar refractivity (Wildman–Crippen MR) is 90.8 cm³/mol. The van der Waals surface area contributed by atoms with Crippen molar-refractivity contribution in [2.24, 2.45) is 4.99 Å². The van der Waals surface area contributed by atoms with Gasteiger partial charge in [0.1, 0.15) is 5.82 Å². The first-order valence-electron chi connectivity index (χ1n) is 7.49. The van der Waals surface area contributed by atoms with Gasteiger partial charge in [-0.3, -0.25) is 4.99 Å². The second-order valence-corrected chi connectivity index (χ2v) is 5.07. The lowest BCUT2D eigenvalue weighted by Gasteiger charge is -2.18. The molecule has 23 heavy (non-hydrogen) atoms. The SMILES string of the molecule is CN=C(NCc1cccc(F)c1)NCC(OC)c1ccccc1. The second-order valence-electron chi connectivity index (χ2n) is 5.07. The molecule has 1 atom stereocenters. The number of nitrogens with one attached hydrogen (secondary N) is 2. The first-order valence-corrected chi connectivity index (χ1v) is 7.49. The number of guanidine groups is 1. The lowest BCUT2D eigenvalue weighted by Crippen LogP contribution is -2.39. The van der Waals surface area contributed by atoms with Crippen molar-refractivity contribution in [1.29, 1.82) is 0 Å². The molecule has 2 aromatic carbocycles. The zero-order valence-electron chi connectivity index (χ0n) is 13.4. The summed E-state index contributed by atoms with van der Waals surface area (Å²) in [5, 5.41) is 6.38. The van der Waals surface area contributed by atoms with E-state index in [1.165, 1.54) is 12.1 Å². The summed E-state index contributed by atoms with van der Waals surface area (Å²) in [5.41, 5.74) is 1.96. The van der Waals surface area contributed by atoms with Gasteiger partial charge in [0.25, 0.3) is 0 Å². The van der Waals surface area contributed by atoms with E-state index in [1.54, 1.807) is 20.2 Å². The predicted octanol–water partition coefficient (Wildman–Crippen LogP) is 2.88. The molecule has 0 aliphatic rings. The number of rotatable bonds is 6. The van der Waals surface area contributed by atoms with E-state index >= 15 is 0 Å². The van der Waals surface area contributed by atoms with Gasteiger partial charge in [0.2, 0.25) is 0 Å². The number of hydrogen-bond acceptors (Lipinski definition) is 2. The van der Waals surface area contributed by atoms with Crippen LogP contribution in [0.3, 0.4) is 0 Å². The maximum Gasteiger partial charge on any atom is 0.191 e. The van der Waals surface area contributed by atoms with E-state index in [9.17, 15) is 4.39 Å². The maximum absolute atomic E-state index is 13.2. The summed E-state index contributed by atoms with van der Waals surface area (Å²) in [6, 6.07) is 16.5. The molecule has 0 fully saturated rings. The fourth-order valence-corrected chi connectivity index (χ4v) is 2.25. The monoisotopic (exact) mass is 315 g/mol. The Balaban J connectivity index is 1.87. The van der Waals surface area contributed by atoms with Crippen LogP contribution in [0.5, 0.6) is 0 Å². The highest BCUT2D eigenvalue weighted by atomic mass is 19.1. The Hall–Kier alpha value is -2.40. The quantitative estimate of drug-likeness (QED) is 0.636. The molecular weight excluding hydrogens is 293 g/mol. The van der Waals surface area contributed by atoms with E-state index < -0.39 is 0 Å². The molecule has 0 heterocycles. The minimum Gasteiger partial charge on any atom is -0.375 e. The summed E-state index contributed by atoms with van der Waals surface area (Å²) < 4.78 is 18.7. The van der Waals surface area contributed by atoms with Crippen LogP contribution in [0, 0.1) is 5.82 Å². The fraction of sp³-hybridized carbons (Fsp3) is 0.278. The fourth-order valence-electron chi connectivity index (χ4n) is 2.25. The van der Waals surface area contributed by atoms with Crippen molar-refractivity contribution in [3.8, 4) is 0 Å². The normalized spacial score (nSPS) is 12.7. The summed E-state index contributed by atoms with van der Waals surface area (Å²) in [5.74, 6) is 0.406. The highest BCUT2D eigenvalue weighted by molar-refractivity contribution is 5.79. The van der Waals surface area contributed by atoms with Gasteiger partial charge in [-0.15, -0.1) is 0 Å². The summed E-state index contributed by atoms with van der Waals surface area (Å²) in [7, 11) is 3.38. The van der Waals surface area contributed by atoms with Crippen molar-refractivity contribution in [3.63, 3.8) is 0 Å². The standard InChI is InChI=1S/C18H22FN3O/c1-20-18(21-12-14-7-6-10-16(19)11-14)22-13-17(23-2)15-8-4-3-5-9-15/h3-11,17H,12-13H2,1-2H3,(H2,20,21,22). The Morgan fingerprint density at radius 2 is 1.91 bits per heavy atom. The van der Waals surface area contributed by atoms with E-state index in [0.29, 0.717) is 19.0 Å². The van der Waals surface area contributed by atoms with Gasteiger partial charge in [0.05, 0.1) is 6.10 Å². The third kappa shape index (κ3) is 5.38. The molecule has 2 N–H and O–H groups in total.